The van der Waals surface area contributed by atoms with E-state index in [1.807, 2.05) is 37.9 Å². The number of anilines is 1. The molecule has 2 aromatic carbocycles. The van der Waals surface area contributed by atoms with Crippen LogP contribution in [0.2, 0.25) is 0 Å². The average Bonchev–Trinajstić information content (AvgIpc) is 3.63. The number of piperazine rings is 1. The first-order valence-corrected chi connectivity index (χ1v) is 15.9. The van der Waals surface area contributed by atoms with E-state index in [2.05, 4.69) is 33.8 Å². The highest BCUT2D eigenvalue weighted by atomic mass is 19.1. The second kappa shape index (κ2) is 11.1. The Morgan fingerprint density at radius 3 is 2.67 bits per heavy atom. The number of hydrogen-bond acceptors (Lipinski definition) is 6. The molecule has 1 aliphatic carbocycles. The van der Waals surface area contributed by atoms with Gasteiger partial charge in [-0.25, -0.2) is 4.39 Å². The van der Waals surface area contributed by atoms with Gasteiger partial charge in [0.15, 0.2) is 5.82 Å². The molecule has 0 spiro atoms. The van der Waals surface area contributed by atoms with Gasteiger partial charge in [-0.2, -0.15) is 10.4 Å². The lowest BCUT2D eigenvalue weighted by atomic mass is 9.88. The molecule has 0 radical (unpaired) electrons. The number of nitrogens with zero attached hydrogens (tertiary/aromatic N) is 6. The molecule has 0 bridgehead atoms. The second-order valence-electron chi connectivity index (χ2n) is 13.0. The smallest absolute Gasteiger partial charge is 0.271 e. The van der Waals surface area contributed by atoms with Gasteiger partial charge in [0, 0.05) is 54.6 Å². The molecule has 232 valence electrons. The van der Waals surface area contributed by atoms with Crippen LogP contribution in [-0.2, 0) is 11.3 Å². The molecule has 3 fully saturated rings. The van der Waals surface area contributed by atoms with Gasteiger partial charge in [0.25, 0.3) is 5.56 Å². The molecule has 9 nitrogen and oxygen atoms in total. The fourth-order valence-corrected chi connectivity index (χ4v) is 7.63. The summed E-state index contributed by atoms with van der Waals surface area (Å²) in [6.07, 6.45) is 6.85. The Morgan fingerprint density at radius 1 is 1.20 bits per heavy atom. The summed E-state index contributed by atoms with van der Waals surface area (Å²) in [6.45, 7) is 10.0. The van der Waals surface area contributed by atoms with E-state index in [1.165, 1.54) is 10.6 Å². The predicted octanol–water partition coefficient (Wildman–Crippen LogP) is 5.06. The molecule has 1 amide bonds. The molecular formula is C35H38FN7O2. The molecule has 3 aliphatic rings. The molecule has 7 rings (SSSR count). The van der Waals surface area contributed by atoms with Gasteiger partial charge in [-0.1, -0.05) is 12.6 Å². The third-order valence-corrected chi connectivity index (χ3v) is 10.2. The minimum atomic E-state index is -0.472. The van der Waals surface area contributed by atoms with Crippen LogP contribution in [0, 0.1) is 24.1 Å². The van der Waals surface area contributed by atoms with Crippen molar-refractivity contribution in [3.05, 3.63) is 69.9 Å². The fourth-order valence-electron chi connectivity index (χ4n) is 7.63. The quantitative estimate of drug-likeness (QED) is 0.308. The van der Waals surface area contributed by atoms with Crippen molar-refractivity contribution in [2.45, 2.75) is 64.1 Å². The fraction of sp³-hybridized carbons (Fsp3) is 0.429. The number of amides is 1. The second-order valence-corrected chi connectivity index (χ2v) is 13.0. The number of likely N-dealkylation sites (N-methyl/N-ethyl adjacent to an activating group) is 1. The summed E-state index contributed by atoms with van der Waals surface area (Å²) in [4.78, 5) is 32.9. The summed E-state index contributed by atoms with van der Waals surface area (Å²) >= 11 is 0. The summed E-state index contributed by atoms with van der Waals surface area (Å²) in [5.41, 5.74) is 4.23. The largest absolute Gasteiger partial charge is 0.366 e. The number of likely N-dealkylation sites (tertiary alicyclic amines) is 1. The molecule has 4 aromatic rings. The zero-order valence-electron chi connectivity index (χ0n) is 26.1. The standard InChI is InChI=1S/C35H38FN7O2/c1-5-29(44)42-14-13-41(18-21(42)3)33-25-15-24(22-9-10-22)31(30-20(2)8-11-28-27(30)17-38-39-28)32(36)34(25)43(35(45)26(33)16-37)19-23-7-6-12-40(23)4/h5,8,11,15,17,21-23H,1,6-7,9-10,12-14,18-19H2,2-4H3,(H,38,39)/t21-,23+/m1/s1. The maximum atomic E-state index is 17.7. The zero-order valence-corrected chi connectivity index (χ0v) is 26.1. The maximum Gasteiger partial charge on any atom is 0.271 e. The highest BCUT2D eigenvalue weighted by Gasteiger charge is 2.36. The van der Waals surface area contributed by atoms with Gasteiger partial charge in [0.2, 0.25) is 5.91 Å². The Morgan fingerprint density at radius 2 is 2.00 bits per heavy atom. The number of carbonyl (C=O) groups is 1. The van der Waals surface area contributed by atoms with Gasteiger partial charge in [-0.05, 0) is 93.9 Å². The summed E-state index contributed by atoms with van der Waals surface area (Å²) in [5.74, 6) is -0.400. The lowest BCUT2D eigenvalue weighted by molar-refractivity contribution is -0.128. The SMILES string of the molecule is C=CC(=O)N1CCN(c2c(C#N)c(=O)n(C[C@@H]3CCCN3C)c3c(F)c(-c4c(C)ccc5[nH]ncc45)c(C4CC4)cc23)C[C@H]1C. The Balaban J connectivity index is 1.53. The van der Waals surface area contributed by atoms with Crippen molar-refractivity contribution in [3.63, 3.8) is 0 Å². The van der Waals surface area contributed by atoms with E-state index in [0.29, 0.717) is 42.8 Å². The minimum Gasteiger partial charge on any atom is -0.366 e. The van der Waals surface area contributed by atoms with Gasteiger partial charge in [0.05, 0.1) is 22.9 Å². The Bertz CT molecular complexity index is 1970. The van der Waals surface area contributed by atoms with Crippen LogP contribution >= 0.6 is 0 Å². The number of pyridine rings is 1. The normalized spacial score (nSPS) is 20.7. The van der Waals surface area contributed by atoms with E-state index in [1.54, 1.807) is 11.1 Å². The Labute approximate surface area is 261 Å². The van der Waals surface area contributed by atoms with Crippen molar-refractivity contribution in [2.24, 2.45) is 0 Å². The van der Waals surface area contributed by atoms with Crippen molar-refractivity contribution in [1.82, 2.24) is 24.6 Å². The molecule has 0 unspecified atom stereocenters. The van der Waals surface area contributed by atoms with E-state index in [9.17, 15) is 14.9 Å². The number of hydrogen-bond donors (Lipinski definition) is 1. The molecule has 10 heteroatoms. The number of nitriles is 1. The molecule has 2 saturated heterocycles. The number of H-pyrrole nitrogens is 1. The molecule has 1 saturated carbocycles. The van der Waals surface area contributed by atoms with E-state index >= 15 is 4.39 Å². The van der Waals surface area contributed by atoms with Gasteiger partial charge in [0.1, 0.15) is 11.6 Å². The molecular weight excluding hydrogens is 569 g/mol. The first kappa shape index (κ1) is 29.2. The number of nitrogens with one attached hydrogen (secondary N) is 1. The monoisotopic (exact) mass is 607 g/mol. The van der Waals surface area contributed by atoms with E-state index in [0.717, 1.165) is 59.8 Å². The first-order valence-electron chi connectivity index (χ1n) is 15.9. The average molecular weight is 608 g/mol. The Kier molecular flexibility index (Phi) is 7.24. The number of carbonyl (C=O) groups excluding carboxylic acids is 1. The third kappa shape index (κ3) is 4.72. The van der Waals surface area contributed by atoms with Crippen molar-refractivity contribution < 1.29 is 9.18 Å². The molecule has 45 heavy (non-hydrogen) atoms. The lowest BCUT2D eigenvalue weighted by Gasteiger charge is -2.41. The maximum absolute atomic E-state index is 17.7. The van der Waals surface area contributed by atoms with E-state index in [4.69, 9.17) is 0 Å². The summed E-state index contributed by atoms with van der Waals surface area (Å²) in [6, 6.07) is 8.09. The summed E-state index contributed by atoms with van der Waals surface area (Å²) in [5, 5.41) is 19.2. The number of halogens is 1. The summed E-state index contributed by atoms with van der Waals surface area (Å²) < 4.78 is 19.3. The van der Waals surface area contributed by atoms with Crippen LogP contribution in [0.4, 0.5) is 10.1 Å². The van der Waals surface area contributed by atoms with Crippen molar-refractivity contribution in [3.8, 4) is 17.2 Å². The topological polar surface area (TPSA) is 101 Å². The van der Waals surface area contributed by atoms with E-state index in [-0.39, 0.29) is 35.0 Å². The van der Waals surface area contributed by atoms with Crippen molar-refractivity contribution in [1.29, 1.82) is 5.26 Å². The number of aromatic nitrogens is 3. The van der Waals surface area contributed by atoms with Crippen molar-refractivity contribution in [2.75, 3.05) is 38.1 Å². The van der Waals surface area contributed by atoms with Crippen molar-refractivity contribution >= 4 is 33.4 Å². The molecule has 2 aromatic heterocycles. The number of aryl methyl sites for hydroxylation is 1. The molecule has 4 heterocycles. The van der Waals surface area contributed by atoms with Crippen LogP contribution in [0.3, 0.4) is 0 Å². The number of aromatic amines is 1. The van der Waals surface area contributed by atoms with Crippen LogP contribution in [0.1, 0.15) is 55.2 Å². The third-order valence-electron chi connectivity index (χ3n) is 10.2. The van der Waals surface area contributed by atoms with Crippen LogP contribution < -0.4 is 10.5 Å². The minimum absolute atomic E-state index is 0.0286. The van der Waals surface area contributed by atoms with Gasteiger partial charge < -0.3 is 19.3 Å². The highest BCUT2D eigenvalue weighted by Crippen LogP contribution is 2.50. The van der Waals surface area contributed by atoms with Gasteiger partial charge >= 0.3 is 0 Å². The number of benzene rings is 2. The zero-order chi connectivity index (χ0) is 31.6. The number of rotatable bonds is 6. The van der Waals surface area contributed by atoms with Crippen LogP contribution in [0.25, 0.3) is 32.9 Å². The van der Waals surface area contributed by atoms with E-state index < -0.39 is 11.4 Å². The number of fused-ring (bicyclic) bond motifs is 2. The molecule has 1 N–H and O–H groups in total. The predicted molar refractivity (Wildman–Crippen MR) is 174 cm³/mol. The van der Waals surface area contributed by atoms with Crippen LogP contribution in [-0.4, -0.2) is 75.8 Å². The van der Waals surface area contributed by atoms with Crippen LogP contribution in [0.5, 0.6) is 0 Å². The lowest BCUT2D eigenvalue weighted by Crippen LogP contribution is -2.54. The van der Waals surface area contributed by atoms with Gasteiger partial charge in [-0.15, -0.1) is 0 Å². The molecule has 2 atom stereocenters. The summed E-state index contributed by atoms with van der Waals surface area (Å²) in [7, 11) is 2.03. The highest BCUT2D eigenvalue weighted by molar-refractivity contribution is 6.03. The Hall–Kier alpha value is -4.49. The molecule has 2 aliphatic heterocycles. The first-order chi connectivity index (χ1) is 21.7. The van der Waals surface area contributed by atoms with Crippen LogP contribution in [0.15, 0.2) is 41.8 Å². The van der Waals surface area contributed by atoms with Gasteiger partial charge in [-0.3, -0.25) is 14.7 Å².